The number of carbonyl (C=O) groups excluding carboxylic acids is 1. The van der Waals surface area contributed by atoms with Gasteiger partial charge >= 0.3 is 0 Å². The second-order valence-corrected chi connectivity index (χ2v) is 8.00. The molecular weight excluding hydrogens is 522 g/mol. The van der Waals surface area contributed by atoms with Crippen LogP contribution in [0.3, 0.4) is 0 Å². The zero-order chi connectivity index (χ0) is 27.2. The van der Waals surface area contributed by atoms with Gasteiger partial charge in [-0.05, 0) is 36.4 Å². The van der Waals surface area contributed by atoms with Gasteiger partial charge in [0.05, 0.1) is 33.7 Å². The Morgan fingerprint density at radius 3 is 2.32 bits per heavy atom. The van der Waals surface area contributed by atoms with Crippen molar-refractivity contribution in [2.24, 2.45) is 0 Å². The Hall–Kier alpha value is -5.17. The van der Waals surface area contributed by atoms with Crippen LogP contribution in [0.2, 0.25) is 5.02 Å². The summed E-state index contributed by atoms with van der Waals surface area (Å²) in [5.74, 6) is 0.729. The van der Waals surface area contributed by atoms with Crippen LogP contribution in [-0.2, 0) is 6.73 Å². The molecule has 0 radical (unpaired) electrons. The maximum Gasteiger partial charge on any atom is 0.276 e. The number of ether oxygens (including phenoxy) is 3. The van der Waals surface area contributed by atoms with Crippen molar-refractivity contribution in [1.82, 2.24) is 9.78 Å². The van der Waals surface area contributed by atoms with Gasteiger partial charge in [0.15, 0.2) is 12.4 Å². The fraction of sp³-hybridized carbons (Fsp3) is 0.0833. The molecule has 0 aliphatic rings. The lowest BCUT2D eigenvalue weighted by Crippen LogP contribution is -2.14. The average molecular weight is 540 g/mol. The van der Waals surface area contributed by atoms with E-state index in [0.29, 0.717) is 11.5 Å². The van der Waals surface area contributed by atoms with Crippen LogP contribution in [0.25, 0.3) is 0 Å². The number of methoxy groups -OCH3 is 1. The Bertz CT molecular complexity index is 1510. The highest BCUT2D eigenvalue weighted by atomic mass is 35.5. The first-order valence-corrected chi connectivity index (χ1v) is 11.1. The lowest BCUT2D eigenvalue weighted by Gasteiger charge is -2.10. The van der Waals surface area contributed by atoms with Crippen molar-refractivity contribution >= 4 is 34.6 Å². The zero-order valence-electron chi connectivity index (χ0n) is 19.6. The van der Waals surface area contributed by atoms with Crippen molar-refractivity contribution in [2.45, 2.75) is 6.73 Å². The van der Waals surface area contributed by atoms with E-state index < -0.39 is 15.8 Å². The third kappa shape index (κ3) is 6.33. The number of hydrogen-bond acceptors (Lipinski definition) is 9. The molecule has 0 bridgehead atoms. The zero-order valence-corrected chi connectivity index (χ0v) is 20.3. The highest BCUT2D eigenvalue weighted by Gasteiger charge is 2.16. The Morgan fingerprint density at radius 2 is 1.66 bits per heavy atom. The molecule has 0 fully saturated rings. The fourth-order valence-corrected chi connectivity index (χ4v) is 3.43. The van der Waals surface area contributed by atoms with Gasteiger partial charge in [-0.3, -0.25) is 25.0 Å². The molecule has 4 rings (SSSR count). The Labute approximate surface area is 219 Å². The molecule has 0 spiro atoms. The third-order valence-electron chi connectivity index (χ3n) is 5.01. The van der Waals surface area contributed by atoms with Crippen molar-refractivity contribution < 1.29 is 28.9 Å². The maximum atomic E-state index is 12.7. The molecule has 0 saturated carbocycles. The number of nitro benzene ring substituents is 2. The van der Waals surface area contributed by atoms with Gasteiger partial charge < -0.3 is 19.5 Å². The molecule has 1 amide bonds. The monoisotopic (exact) mass is 539 g/mol. The quantitative estimate of drug-likeness (QED) is 0.204. The van der Waals surface area contributed by atoms with Gasteiger partial charge in [-0.15, -0.1) is 0 Å². The standard InChI is InChI=1S/C24H18ClN5O8/c1-36-18-3-5-19(6-4-18)38-20-11-15(10-17(12-20)30(34)35)26-24(31)22-8-9-28(27-22)14-37-23-7-2-16(29(32)33)13-21(23)25/h2-13H,14H2,1H3,(H,26,31). The van der Waals surface area contributed by atoms with E-state index in [9.17, 15) is 25.0 Å². The lowest BCUT2D eigenvalue weighted by atomic mass is 10.2. The van der Waals surface area contributed by atoms with E-state index in [1.54, 1.807) is 24.3 Å². The number of benzene rings is 3. The molecule has 3 aromatic carbocycles. The second-order valence-electron chi connectivity index (χ2n) is 7.59. The molecule has 0 atom stereocenters. The summed E-state index contributed by atoms with van der Waals surface area (Å²) < 4.78 is 17.6. The van der Waals surface area contributed by atoms with E-state index >= 15 is 0 Å². The molecule has 1 heterocycles. The molecule has 38 heavy (non-hydrogen) atoms. The highest BCUT2D eigenvalue weighted by Crippen LogP contribution is 2.31. The van der Waals surface area contributed by atoms with Crippen LogP contribution >= 0.6 is 11.6 Å². The molecule has 0 aliphatic carbocycles. The molecule has 4 aromatic rings. The number of hydrogen-bond donors (Lipinski definition) is 1. The normalized spacial score (nSPS) is 10.5. The smallest absolute Gasteiger partial charge is 0.276 e. The number of non-ortho nitro benzene ring substituents is 2. The number of halogens is 1. The summed E-state index contributed by atoms with van der Waals surface area (Å²) >= 11 is 6.01. The SMILES string of the molecule is COc1ccc(Oc2cc(NC(=O)c3ccn(COc4ccc([N+](=O)[O-])cc4Cl)n3)cc([N+](=O)[O-])c2)cc1. The number of aromatic nitrogens is 2. The topological polar surface area (TPSA) is 161 Å². The van der Waals surface area contributed by atoms with Crippen molar-refractivity contribution in [2.75, 3.05) is 12.4 Å². The predicted molar refractivity (Wildman–Crippen MR) is 135 cm³/mol. The summed E-state index contributed by atoms with van der Waals surface area (Å²) in [6.45, 7) is -0.137. The van der Waals surface area contributed by atoms with Crippen molar-refractivity contribution in [1.29, 1.82) is 0 Å². The number of nitrogens with zero attached hydrogens (tertiary/aromatic N) is 4. The summed E-state index contributed by atoms with van der Waals surface area (Å²) in [6, 6.07) is 15.6. The van der Waals surface area contributed by atoms with Gasteiger partial charge in [0.2, 0.25) is 0 Å². The average Bonchev–Trinajstić information content (AvgIpc) is 3.37. The van der Waals surface area contributed by atoms with Crippen LogP contribution < -0.4 is 19.5 Å². The van der Waals surface area contributed by atoms with Crippen LogP contribution in [0.1, 0.15) is 10.5 Å². The summed E-state index contributed by atoms with van der Waals surface area (Å²) in [5.41, 5.74) is -0.340. The van der Waals surface area contributed by atoms with Gasteiger partial charge in [-0.1, -0.05) is 11.6 Å². The largest absolute Gasteiger partial charge is 0.497 e. The third-order valence-corrected chi connectivity index (χ3v) is 5.30. The van der Waals surface area contributed by atoms with E-state index in [0.717, 1.165) is 6.07 Å². The van der Waals surface area contributed by atoms with Crippen molar-refractivity contribution in [3.8, 4) is 23.0 Å². The van der Waals surface area contributed by atoms with E-state index in [-0.39, 0.29) is 46.0 Å². The van der Waals surface area contributed by atoms with E-state index in [1.807, 2.05) is 0 Å². The van der Waals surface area contributed by atoms with E-state index in [4.69, 9.17) is 25.8 Å². The van der Waals surface area contributed by atoms with Crippen LogP contribution in [0.4, 0.5) is 17.1 Å². The molecule has 0 aliphatic heterocycles. The molecule has 1 aromatic heterocycles. The number of anilines is 1. The van der Waals surface area contributed by atoms with Crippen molar-refractivity contribution in [3.05, 3.63) is 104 Å². The van der Waals surface area contributed by atoms with Gasteiger partial charge in [-0.25, -0.2) is 4.68 Å². The summed E-state index contributed by atoms with van der Waals surface area (Å²) in [5, 5.41) is 29.0. The first-order chi connectivity index (χ1) is 18.2. The molecular formula is C24H18ClN5O8. The first-order valence-electron chi connectivity index (χ1n) is 10.7. The predicted octanol–water partition coefficient (Wildman–Crippen LogP) is 5.44. The molecule has 0 saturated heterocycles. The molecule has 0 unspecified atom stereocenters. The number of rotatable bonds is 10. The van der Waals surface area contributed by atoms with Gasteiger partial charge in [0.25, 0.3) is 17.3 Å². The number of nitro groups is 2. The minimum atomic E-state index is -0.631. The second kappa shape index (κ2) is 11.3. The summed E-state index contributed by atoms with van der Waals surface area (Å²) in [4.78, 5) is 33.8. The minimum Gasteiger partial charge on any atom is -0.497 e. The number of amides is 1. The van der Waals surface area contributed by atoms with Crippen molar-refractivity contribution in [3.63, 3.8) is 0 Å². The number of carbonyl (C=O) groups is 1. The first kappa shape index (κ1) is 25.9. The highest BCUT2D eigenvalue weighted by molar-refractivity contribution is 6.32. The number of nitrogens with one attached hydrogen (secondary N) is 1. The van der Waals surface area contributed by atoms with E-state index in [1.165, 1.54) is 54.4 Å². The molecule has 194 valence electrons. The Balaban J connectivity index is 1.44. The van der Waals surface area contributed by atoms with Crippen LogP contribution in [0, 0.1) is 20.2 Å². The van der Waals surface area contributed by atoms with Gasteiger partial charge in [-0.2, -0.15) is 5.10 Å². The van der Waals surface area contributed by atoms with Crippen LogP contribution in [-0.4, -0.2) is 32.6 Å². The van der Waals surface area contributed by atoms with Gasteiger partial charge in [0, 0.05) is 30.5 Å². The molecule has 14 heteroatoms. The van der Waals surface area contributed by atoms with Crippen LogP contribution in [0.15, 0.2) is 72.9 Å². The molecule has 13 nitrogen and oxygen atoms in total. The lowest BCUT2D eigenvalue weighted by molar-refractivity contribution is -0.385. The molecule has 1 N–H and O–H groups in total. The van der Waals surface area contributed by atoms with Crippen LogP contribution in [0.5, 0.6) is 23.0 Å². The summed E-state index contributed by atoms with van der Waals surface area (Å²) in [6.07, 6.45) is 1.47. The maximum absolute atomic E-state index is 12.7. The van der Waals surface area contributed by atoms with Gasteiger partial charge in [0.1, 0.15) is 23.0 Å². The summed E-state index contributed by atoms with van der Waals surface area (Å²) in [7, 11) is 1.52. The van der Waals surface area contributed by atoms with E-state index in [2.05, 4.69) is 10.4 Å². The Morgan fingerprint density at radius 1 is 0.947 bits per heavy atom. The minimum absolute atomic E-state index is 0.00697. The Kier molecular flexibility index (Phi) is 7.68. The fourth-order valence-electron chi connectivity index (χ4n) is 3.21.